The van der Waals surface area contributed by atoms with E-state index >= 15 is 0 Å². The van der Waals surface area contributed by atoms with Crippen molar-refractivity contribution in [1.82, 2.24) is 9.78 Å². The molecule has 4 rings (SSSR count). The van der Waals surface area contributed by atoms with Crippen LogP contribution in [-0.2, 0) is 13.2 Å². The van der Waals surface area contributed by atoms with E-state index in [-0.39, 0.29) is 5.91 Å². The quantitative estimate of drug-likeness (QED) is 0.243. The third-order valence-electron chi connectivity index (χ3n) is 5.03. The predicted molar refractivity (Wildman–Crippen MR) is 140 cm³/mol. The van der Waals surface area contributed by atoms with E-state index in [1.165, 1.54) is 0 Å². The second-order valence-corrected chi connectivity index (χ2v) is 9.70. The van der Waals surface area contributed by atoms with Gasteiger partial charge < -0.3 is 10.1 Å². The van der Waals surface area contributed by atoms with Crippen LogP contribution in [0, 0.1) is 6.92 Å². The van der Waals surface area contributed by atoms with Crippen LogP contribution in [0.15, 0.2) is 71.3 Å². The molecule has 0 unspecified atom stereocenters. The van der Waals surface area contributed by atoms with Gasteiger partial charge in [-0.15, -0.1) is 0 Å². The zero-order valence-electron chi connectivity index (χ0n) is 18.0. The number of anilines is 1. The van der Waals surface area contributed by atoms with Gasteiger partial charge in [0.05, 0.1) is 21.1 Å². The van der Waals surface area contributed by atoms with Gasteiger partial charge in [-0.1, -0.05) is 53.0 Å². The molecule has 0 saturated carbocycles. The fourth-order valence-electron chi connectivity index (χ4n) is 3.19. The molecule has 0 atom stereocenters. The molecule has 0 spiro atoms. The minimum atomic E-state index is -0.263. The second kappa shape index (κ2) is 10.8. The number of aryl methyl sites for hydroxylation is 1. The highest BCUT2D eigenvalue weighted by atomic mass is 79.9. The first-order valence-corrected chi connectivity index (χ1v) is 12.2. The lowest BCUT2D eigenvalue weighted by atomic mass is 10.1. The summed E-state index contributed by atoms with van der Waals surface area (Å²) in [4.78, 5) is 12.7. The summed E-state index contributed by atoms with van der Waals surface area (Å²) in [5, 5.41) is 8.96. The monoisotopic (exact) mass is 577 g/mol. The molecule has 1 heterocycles. The molecule has 0 aliphatic rings. The van der Waals surface area contributed by atoms with E-state index in [9.17, 15) is 4.79 Å². The van der Waals surface area contributed by atoms with Gasteiger partial charge in [0.1, 0.15) is 12.4 Å². The number of amides is 1. The van der Waals surface area contributed by atoms with Crippen molar-refractivity contribution in [2.75, 3.05) is 5.32 Å². The zero-order valence-corrected chi connectivity index (χ0v) is 21.8. The third-order valence-corrected chi connectivity index (χ3v) is 6.77. The maximum absolute atomic E-state index is 12.7. The van der Waals surface area contributed by atoms with Crippen LogP contribution in [0.2, 0.25) is 15.1 Å². The summed E-state index contributed by atoms with van der Waals surface area (Å²) in [5.41, 5.74) is 3.35. The van der Waals surface area contributed by atoms with Gasteiger partial charge in [-0.2, -0.15) is 5.10 Å². The minimum absolute atomic E-state index is 0.263. The number of rotatable bonds is 7. The van der Waals surface area contributed by atoms with Crippen LogP contribution in [0.1, 0.15) is 27.0 Å². The van der Waals surface area contributed by atoms with Crippen LogP contribution in [0.3, 0.4) is 0 Å². The maximum atomic E-state index is 12.7. The van der Waals surface area contributed by atoms with Crippen LogP contribution in [0.4, 0.5) is 5.82 Å². The average Bonchev–Trinajstić information content (AvgIpc) is 3.15. The molecule has 174 valence electrons. The number of carbonyl (C=O) groups excluding carboxylic acids is 1. The molecule has 9 heteroatoms. The van der Waals surface area contributed by atoms with Crippen molar-refractivity contribution in [3.63, 3.8) is 0 Å². The standard InChI is InChI=1S/C25H19BrCl3N3O2/c1-15-10-19(7-9-21(15)27)34-14-16-2-5-18(6-3-16)25(33)30-24-20(26)13-32(31-24)12-17-4-8-22(28)23(29)11-17/h2-11,13H,12,14H2,1H3,(H,30,31,33). The van der Waals surface area contributed by atoms with Gasteiger partial charge in [0.15, 0.2) is 5.82 Å². The predicted octanol–water partition coefficient (Wildman–Crippen LogP) is 7.79. The number of carbonyl (C=O) groups is 1. The van der Waals surface area contributed by atoms with Crippen molar-refractivity contribution < 1.29 is 9.53 Å². The molecule has 1 amide bonds. The Morgan fingerprint density at radius 2 is 1.68 bits per heavy atom. The number of ether oxygens (including phenoxy) is 1. The third kappa shape index (κ3) is 6.13. The van der Waals surface area contributed by atoms with Crippen molar-refractivity contribution in [3.05, 3.63) is 109 Å². The fraction of sp³-hybridized carbons (Fsp3) is 0.120. The Bertz CT molecular complexity index is 1340. The highest BCUT2D eigenvalue weighted by Crippen LogP contribution is 2.25. The summed E-state index contributed by atoms with van der Waals surface area (Å²) in [6, 6.07) is 18.2. The lowest BCUT2D eigenvalue weighted by Crippen LogP contribution is -2.13. The number of halogens is 4. The number of aromatic nitrogens is 2. The number of benzene rings is 3. The van der Waals surface area contributed by atoms with E-state index in [0.717, 1.165) is 22.4 Å². The Kier molecular flexibility index (Phi) is 7.84. The molecular weight excluding hydrogens is 561 g/mol. The summed E-state index contributed by atoms with van der Waals surface area (Å²) in [5.74, 6) is 0.905. The van der Waals surface area contributed by atoms with Crippen molar-refractivity contribution >= 4 is 62.5 Å². The summed E-state index contributed by atoms with van der Waals surface area (Å²) in [6.45, 7) is 2.79. The van der Waals surface area contributed by atoms with Crippen LogP contribution < -0.4 is 10.1 Å². The molecule has 0 aliphatic heterocycles. The molecule has 0 bridgehead atoms. The SMILES string of the molecule is Cc1cc(OCc2ccc(C(=O)Nc3nn(Cc4ccc(Cl)c(Cl)c4)cc3Br)cc2)ccc1Cl. The first-order chi connectivity index (χ1) is 16.3. The van der Waals surface area contributed by atoms with E-state index in [4.69, 9.17) is 39.5 Å². The Labute approximate surface area is 220 Å². The summed E-state index contributed by atoms with van der Waals surface area (Å²) in [6.07, 6.45) is 1.79. The molecule has 1 aromatic heterocycles. The van der Waals surface area contributed by atoms with Crippen LogP contribution >= 0.6 is 50.7 Å². The summed E-state index contributed by atoms with van der Waals surface area (Å²) < 4.78 is 8.19. The first kappa shape index (κ1) is 24.6. The van der Waals surface area contributed by atoms with Crippen LogP contribution in [0.25, 0.3) is 0 Å². The summed E-state index contributed by atoms with van der Waals surface area (Å²) in [7, 11) is 0. The molecule has 0 saturated heterocycles. The van der Waals surface area contributed by atoms with Crippen molar-refractivity contribution in [1.29, 1.82) is 0 Å². The van der Waals surface area contributed by atoms with E-state index in [1.54, 1.807) is 35.1 Å². The molecule has 1 N–H and O–H groups in total. The van der Waals surface area contributed by atoms with Crippen LogP contribution in [0.5, 0.6) is 5.75 Å². The highest BCUT2D eigenvalue weighted by molar-refractivity contribution is 9.10. The van der Waals surface area contributed by atoms with E-state index in [1.807, 2.05) is 43.3 Å². The zero-order chi connectivity index (χ0) is 24.2. The molecular formula is C25H19BrCl3N3O2. The maximum Gasteiger partial charge on any atom is 0.256 e. The molecule has 5 nitrogen and oxygen atoms in total. The molecule has 0 fully saturated rings. The lowest BCUT2D eigenvalue weighted by molar-refractivity contribution is 0.102. The first-order valence-electron chi connectivity index (χ1n) is 10.2. The van der Waals surface area contributed by atoms with Gasteiger partial charge in [0.25, 0.3) is 5.91 Å². The fourth-order valence-corrected chi connectivity index (χ4v) is 4.05. The van der Waals surface area contributed by atoms with E-state index in [0.29, 0.717) is 44.1 Å². The number of nitrogens with zero attached hydrogens (tertiary/aromatic N) is 2. The Hall–Kier alpha value is -2.51. The van der Waals surface area contributed by atoms with E-state index in [2.05, 4.69) is 26.3 Å². The minimum Gasteiger partial charge on any atom is -0.489 e. The Morgan fingerprint density at radius 3 is 2.38 bits per heavy atom. The lowest BCUT2D eigenvalue weighted by Gasteiger charge is -2.09. The van der Waals surface area contributed by atoms with Gasteiger partial charge in [0, 0.05) is 16.8 Å². The topological polar surface area (TPSA) is 56.1 Å². The largest absolute Gasteiger partial charge is 0.489 e. The molecule has 3 aromatic carbocycles. The van der Waals surface area contributed by atoms with Gasteiger partial charge in [-0.3, -0.25) is 9.48 Å². The summed E-state index contributed by atoms with van der Waals surface area (Å²) >= 11 is 21.6. The molecule has 0 aliphatic carbocycles. The second-order valence-electron chi connectivity index (χ2n) is 7.62. The van der Waals surface area contributed by atoms with Gasteiger partial charge in [0.2, 0.25) is 0 Å². The number of hydrogen-bond donors (Lipinski definition) is 1. The Morgan fingerprint density at radius 1 is 0.971 bits per heavy atom. The van der Waals surface area contributed by atoms with Gasteiger partial charge in [-0.25, -0.2) is 0 Å². The van der Waals surface area contributed by atoms with Crippen molar-refractivity contribution in [2.45, 2.75) is 20.1 Å². The average molecular weight is 580 g/mol. The van der Waals surface area contributed by atoms with Crippen molar-refractivity contribution in [2.24, 2.45) is 0 Å². The smallest absolute Gasteiger partial charge is 0.256 e. The van der Waals surface area contributed by atoms with Crippen molar-refractivity contribution in [3.8, 4) is 5.75 Å². The molecule has 34 heavy (non-hydrogen) atoms. The van der Waals surface area contributed by atoms with Gasteiger partial charge in [-0.05, 0) is 82.0 Å². The highest BCUT2D eigenvalue weighted by Gasteiger charge is 2.13. The number of hydrogen-bond acceptors (Lipinski definition) is 3. The van der Waals surface area contributed by atoms with Gasteiger partial charge >= 0.3 is 0 Å². The Balaban J connectivity index is 1.36. The normalized spacial score (nSPS) is 10.9. The number of nitrogens with one attached hydrogen (secondary N) is 1. The van der Waals surface area contributed by atoms with Crippen LogP contribution in [-0.4, -0.2) is 15.7 Å². The van der Waals surface area contributed by atoms with E-state index < -0.39 is 0 Å². The molecule has 4 aromatic rings. The molecule has 0 radical (unpaired) electrons.